The highest BCUT2D eigenvalue weighted by Gasteiger charge is 2.28. The molecule has 31 heavy (non-hydrogen) atoms. The molecule has 4 heterocycles. The number of carbonyl (C=O) groups is 1. The van der Waals surface area contributed by atoms with Gasteiger partial charge in [0.2, 0.25) is 5.82 Å². The molecule has 1 atom stereocenters. The van der Waals surface area contributed by atoms with E-state index in [2.05, 4.69) is 25.6 Å². The lowest BCUT2D eigenvalue weighted by atomic mass is 10.1. The Morgan fingerprint density at radius 2 is 2.10 bits per heavy atom. The number of hydrogen-bond acceptors (Lipinski definition) is 7. The van der Waals surface area contributed by atoms with Crippen LogP contribution in [0.15, 0.2) is 53.3 Å². The Hall–Kier alpha value is -3.82. The van der Waals surface area contributed by atoms with E-state index in [9.17, 15) is 4.79 Å². The highest BCUT2D eigenvalue weighted by molar-refractivity contribution is 5.92. The summed E-state index contributed by atoms with van der Waals surface area (Å²) in [6, 6.07) is 11.4. The van der Waals surface area contributed by atoms with Crippen LogP contribution in [0.4, 0.5) is 0 Å². The monoisotopic (exact) mass is 418 g/mol. The number of aromatic nitrogens is 7. The van der Waals surface area contributed by atoms with Gasteiger partial charge >= 0.3 is 0 Å². The summed E-state index contributed by atoms with van der Waals surface area (Å²) in [6.45, 7) is 3.92. The van der Waals surface area contributed by atoms with E-state index in [4.69, 9.17) is 4.52 Å². The minimum absolute atomic E-state index is 0.00575. The van der Waals surface area contributed by atoms with Crippen molar-refractivity contribution in [3.05, 3.63) is 54.5 Å². The molecule has 5 rings (SSSR count). The summed E-state index contributed by atoms with van der Waals surface area (Å²) in [4.78, 5) is 19.3. The zero-order valence-electron chi connectivity index (χ0n) is 17.1. The molecule has 10 nitrogen and oxygen atoms in total. The first kappa shape index (κ1) is 19.2. The summed E-state index contributed by atoms with van der Waals surface area (Å²) < 4.78 is 8.90. The quantitative estimate of drug-likeness (QED) is 0.490. The average molecular weight is 418 g/mol. The van der Waals surface area contributed by atoms with Crippen molar-refractivity contribution in [3.8, 4) is 23.0 Å². The van der Waals surface area contributed by atoms with E-state index in [1.54, 1.807) is 27.8 Å². The van der Waals surface area contributed by atoms with Crippen molar-refractivity contribution in [3.63, 3.8) is 0 Å². The van der Waals surface area contributed by atoms with Crippen molar-refractivity contribution in [1.29, 1.82) is 0 Å². The van der Waals surface area contributed by atoms with Crippen molar-refractivity contribution in [1.82, 2.24) is 39.8 Å². The summed E-state index contributed by atoms with van der Waals surface area (Å²) in [5.41, 5.74) is 2.00. The smallest absolute Gasteiger partial charge is 0.280 e. The highest BCUT2D eigenvalue weighted by Crippen LogP contribution is 2.25. The van der Waals surface area contributed by atoms with Crippen molar-refractivity contribution in [2.75, 3.05) is 13.1 Å². The fourth-order valence-corrected chi connectivity index (χ4v) is 3.87. The molecule has 0 aliphatic carbocycles. The number of aryl methyl sites for hydroxylation is 1. The van der Waals surface area contributed by atoms with Gasteiger partial charge in [0.1, 0.15) is 5.69 Å². The van der Waals surface area contributed by atoms with Gasteiger partial charge in [-0.05, 0) is 25.8 Å². The summed E-state index contributed by atoms with van der Waals surface area (Å²) in [5, 5.41) is 16.7. The molecule has 0 bridgehead atoms. The Labute approximate surface area is 178 Å². The molecule has 1 saturated heterocycles. The van der Waals surface area contributed by atoms with Crippen LogP contribution in [0.25, 0.3) is 23.0 Å². The Bertz CT molecular complexity index is 1180. The second-order valence-electron chi connectivity index (χ2n) is 7.45. The second-order valence-corrected chi connectivity index (χ2v) is 7.45. The van der Waals surface area contributed by atoms with Gasteiger partial charge in [-0.25, -0.2) is 4.68 Å². The number of piperidine rings is 1. The molecule has 1 aliphatic rings. The van der Waals surface area contributed by atoms with Gasteiger partial charge in [0.25, 0.3) is 11.8 Å². The molecule has 1 amide bonds. The van der Waals surface area contributed by atoms with E-state index in [1.807, 2.05) is 42.2 Å². The second kappa shape index (κ2) is 8.13. The summed E-state index contributed by atoms with van der Waals surface area (Å²) in [6.07, 6.45) is 5.27. The zero-order valence-corrected chi connectivity index (χ0v) is 17.1. The molecule has 1 unspecified atom stereocenters. The molecule has 0 N–H and O–H groups in total. The molecular formula is C21H22N8O2. The van der Waals surface area contributed by atoms with Gasteiger partial charge in [0, 0.05) is 31.4 Å². The Balaban J connectivity index is 1.32. The predicted octanol–water partition coefficient (Wildman–Crippen LogP) is 2.69. The third-order valence-electron chi connectivity index (χ3n) is 5.48. The lowest BCUT2D eigenvalue weighted by molar-refractivity contribution is 0.0659. The van der Waals surface area contributed by atoms with E-state index in [0.29, 0.717) is 36.2 Å². The van der Waals surface area contributed by atoms with Gasteiger partial charge in [-0.15, -0.1) is 5.10 Å². The van der Waals surface area contributed by atoms with Crippen LogP contribution in [-0.4, -0.2) is 58.8 Å². The largest absolute Gasteiger partial charge is 0.335 e. The molecule has 1 aliphatic heterocycles. The number of carbonyl (C=O) groups excluding carboxylic acids is 1. The van der Waals surface area contributed by atoms with E-state index < -0.39 is 0 Å². The van der Waals surface area contributed by atoms with Crippen LogP contribution < -0.4 is 0 Å². The zero-order chi connectivity index (χ0) is 21.2. The maximum absolute atomic E-state index is 13.0. The molecule has 4 aromatic rings. The van der Waals surface area contributed by atoms with Gasteiger partial charge in [0.05, 0.1) is 12.2 Å². The van der Waals surface area contributed by atoms with Gasteiger partial charge in [-0.1, -0.05) is 40.7 Å². The molecule has 10 heteroatoms. The minimum atomic E-state index is -0.00575. The van der Waals surface area contributed by atoms with E-state index in [-0.39, 0.29) is 11.9 Å². The van der Waals surface area contributed by atoms with E-state index in [0.717, 1.165) is 24.9 Å². The number of likely N-dealkylation sites (tertiary alicyclic amines) is 1. The van der Waals surface area contributed by atoms with Crippen LogP contribution in [0.1, 0.15) is 36.3 Å². The number of benzene rings is 1. The lowest BCUT2D eigenvalue weighted by Gasteiger charge is -2.32. The van der Waals surface area contributed by atoms with Crippen LogP contribution in [0.2, 0.25) is 0 Å². The first-order valence-corrected chi connectivity index (χ1v) is 10.4. The van der Waals surface area contributed by atoms with Crippen LogP contribution in [0.5, 0.6) is 0 Å². The molecular weight excluding hydrogens is 396 g/mol. The predicted molar refractivity (Wildman–Crippen MR) is 111 cm³/mol. The molecule has 158 valence electrons. The standard InChI is InChI=1S/C21H22N8O2/c1-2-28-18(10-11-22-28)21(30)27-12-6-9-16(13-27)29-14-17(24-26-29)20-23-19(25-31-20)15-7-4-3-5-8-15/h3-5,7-8,10-11,14,16H,2,6,9,12-13H2,1H3. The average Bonchev–Trinajstić information content (AvgIpc) is 3.59. The molecule has 0 saturated carbocycles. The minimum Gasteiger partial charge on any atom is -0.335 e. The fraction of sp³-hybridized carbons (Fsp3) is 0.333. The Morgan fingerprint density at radius 3 is 2.94 bits per heavy atom. The highest BCUT2D eigenvalue weighted by atomic mass is 16.5. The summed E-state index contributed by atoms with van der Waals surface area (Å²) in [7, 11) is 0. The fourth-order valence-electron chi connectivity index (χ4n) is 3.87. The first-order chi connectivity index (χ1) is 15.2. The number of rotatable bonds is 5. The third-order valence-corrected chi connectivity index (χ3v) is 5.48. The van der Waals surface area contributed by atoms with Gasteiger partial charge in [-0.3, -0.25) is 9.48 Å². The summed E-state index contributed by atoms with van der Waals surface area (Å²) in [5.74, 6) is 0.821. The Kier molecular flexibility index (Phi) is 5.03. The van der Waals surface area contributed by atoms with Crippen LogP contribution >= 0.6 is 0 Å². The molecule has 1 aromatic carbocycles. The van der Waals surface area contributed by atoms with Gasteiger partial charge < -0.3 is 9.42 Å². The van der Waals surface area contributed by atoms with Crippen LogP contribution in [-0.2, 0) is 6.54 Å². The molecule has 0 radical (unpaired) electrons. The van der Waals surface area contributed by atoms with E-state index in [1.165, 1.54) is 0 Å². The number of amides is 1. The maximum atomic E-state index is 13.0. The SMILES string of the molecule is CCn1nccc1C(=O)N1CCCC(n2cc(-c3nc(-c4ccccc4)no3)nn2)C1. The van der Waals surface area contributed by atoms with Crippen molar-refractivity contribution >= 4 is 5.91 Å². The molecule has 0 spiro atoms. The number of nitrogens with zero attached hydrogens (tertiary/aromatic N) is 8. The van der Waals surface area contributed by atoms with Crippen molar-refractivity contribution in [2.24, 2.45) is 0 Å². The number of hydrogen-bond donors (Lipinski definition) is 0. The van der Waals surface area contributed by atoms with Crippen LogP contribution in [0.3, 0.4) is 0 Å². The van der Waals surface area contributed by atoms with E-state index >= 15 is 0 Å². The van der Waals surface area contributed by atoms with Gasteiger partial charge in [0.15, 0.2) is 5.69 Å². The van der Waals surface area contributed by atoms with Crippen LogP contribution in [0, 0.1) is 0 Å². The normalized spacial score (nSPS) is 16.5. The molecule has 3 aromatic heterocycles. The Morgan fingerprint density at radius 1 is 1.23 bits per heavy atom. The van der Waals surface area contributed by atoms with Crippen molar-refractivity contribution in [2.45, 2.75) is 32.4 Å². The molecule has 1 fully saturated rings. The first-order valence-electron chi connectivity index (χ1n) is 10.4. The topological polar surface area (TPSA) is 108 Å². The summed E-state index contributed by atoms with van der Waals surface area (Å²) >= 11 is 0. The lowest BCUT2D eigenvalue weighted by Crippen LogP contribution is -2.41. The van der Waals surface area contributed by atoms with Gasteiger partial charge in [-0.2, -0.15) is 10.1 Å². The maximum Gasteiger partial charge on any atom is 0.280 e. The third kappa shape index (κ3) is 3.72. The van der Waals surface area contributed by atoms with Crippen molar-refractivity contribution < 1.29 is 9.32 Å².